The van der Waals surface area contributed by atoms with Gasteiger partial charge in [-0.1, -0.05) is 18.2 Å². The largest absolute Gasteiger partial charge is 0.310 e. The summed E-state index contributed by atoms with van der Waals surface area (Å²) in [5.74, 6) is 0. The van der Waals surface area contributed by atoms with Crippen LogP contribution in [-0.4, -0.2) is 11.5 Å². The highest BCUT2D eigenvalue weighted by Crippen LogP contribution is 2.19. The van der Waals surface area contributed by atoms with E-state index in [0.717, 1.165) is 18.5 Å². The molecule has 2 aromatic rings. The quantitative estimate of drug-likeness (QED) is 0.648. The molecule has 19 heavy (non-hydrogen) atoms. The lowest BCUT2D eigenvalue weighted by Crippen LogP contribution is -2.21. The molecule has 5 heteroatoms. The number of non-ortho nitro benzene ring substituents is 1. The molecule has 0 spiro atoms. The predicted molar refractivity (Wildman–Crippen MR) is 77.5 cm³/mol. The first-order chi connectivity index (χ1) is 9.16. The SMILES string of the molecule is CC(NCCc1cccs1)c1cccc([N+](=O)[O-])c1. The molecular weight excluding hydrogens is 260 g/mol. The molecule has 100 valence electrons. The molecule has 1 atom stereocenters. The van der Waals surface area contributed by atoms with Crippen LogP contribution in [0.2, 0.25) is 0 Å². The van der Waals surface area contributed by atoms with Gasteiger partial charge < -0.3 is 5.32 Å². The Morgan fingerprint density at radius 1 is 1.37 bits per heavy atom. The molecule has 0 bridgehead atoms. The van der Waals surface area contributed by atoms with Crippen molar-refractivity contribution >= 4 is 17.0 Å². The first-order valence-electron chi connectivity index (χ1n) is 6.17. The van der Waals surface area contributed by atoms with Crippen molar-refractivity contribution in [2.45, 2.75) is 19.4 Å². The average Bonchev–Trinajstić information content (AvgIpc) is 2.92. The lowest BCUT2D eigenvalue weighted by Gasteiger charge is -2.13. The molecule has 0 saturated carbocycles. The number of hydrogen-bond acceptors (Lipinski definition) is 4. The second-order valence-electron chi connectivity index (χ2n) is 4.36. The van der Waals surface area contributed by atoms with Crippen LogP contribution in [0.15, 0.2) is 41.8 Å². The normalized spacial score (nSPS) is 12.3. The molecular formula is C14H16N2O2S. The summed E-state index contributed by atoms with van der Waals surface area (Å²) in [5.41, 5.74) is 1.09. The summed E-state index contributed by atoms with van der Waals surface area (Å²) >= 11 is 1.75. The molecule has 1 aromatic carbocycles. The smallest absolute Gasteiger partial charge is 0.269 e. The number of hydrogen-bond donors (Lipinski definition) is 1. The van der Waals surface area contributed by atoms with Crippen LogP contribution < -0.4 is 5.32 Å². The van der Waals surface area contributed by atoms with E-state index in [0.29, 0.717) is 0 Å². The van der Waals surface area contributed by atoms with E-state index in [9.17, 15) is 10.1 Å². The Labute approximate surface area is 116 Å². The van der Waals surface area contributed by atoms with Crippen molar-refractivity contribution in [3.05, 3.63) is 62.3 Å². The summed E-state index contributed by atoms with van der Waals surface area (Å²) in [6.07, 6.45) is 0.983. The van der Waals surface area contributed by atoms with Gasteiger partial charge in [-0.2, -0.15) is 0 Å². The average molecular weight is 276 g/mol. The summed E-state index contributed by atoms with van der Waals surface area (Å²) in [4.78, 5) is 11.7. The Morgan fingerprint density at radius 2 is 2.21 bits per heavy atom. The number of nitro groups is 1. The molecule has 1 N–H and O–H groups in total. The third kappa shape index (κ3) is 3.87. The number of nitrogens with zero attached hydrogens (tertiary/aromatic N) is 1. The van der Waals surface area contributed by atoms with E-state index >= 15 is 0 Å². The minimum absolute atomic E-state index is 0.111. The fourth-order valence-corrected chi connectivity index (χ4v) is 2.60. The molecule has 0 saturated heterocycles. The Bertz CT molecular complexity index is 540. The standard InChI is InChI=1S/C14H16N2O2S/c1-11(15-8-7-14-6-3-9-19-14)12-4-2-5-13(10-12)16(17)18/h2-6,9-11,15H,7-8H2,1H3. The molecule has 0 amide bonds. The number of nitrogens with one attached hydrogen (secondary N) is 1. The minimum atomic E-state index is -0.359. The minimum Gasteiger partial charge on any atom is -0.310 e. The molecule has 0 aliphatic rings. The van der Waals surface area contributed by atoms with E-state index in [1.54, 1.807) is 23.5 Å². The van der Waals surface area contributed by atoms with Gasteiger partial charge in [-0.05, 0) is 30.4 Å². The third-order valence-corrected chi connectivity index (χ3v) is 3.92. The maximum atomic E-state index is 10.7. The lowest BCUT2D eigenvalue weighted by molar-refractivity contribution is -0.384. The molecule has 2 rings (SSSR count). The van der Waals surface area contributed by atoms with Crippen LogP contribution in [0, 0.1) is 10.1 Å². The van der Waals surface area contributed by atoms with Crippen molar-refractivity contribution in [3.63, 3.8) is 0 Å². The van der Waals surface area contributed by atoms with Crippen LogP contribution in [0.3, 0.4) is 0 Å². The van der Waals surface area contributed by atoms with E-state index in [1.807, 2.05) is 19.1 Å². The first kappa shape index (κ1) is 13.7. The van der Waals surface area contributed by atoms with Crippen molar-refractivity contribution in [3.8, 4) is 0 Å². The number of nitro benzene ring substituents is 1. The zero-order valence-corrected chi connectivity index (χ0v) is 11.5. The predicted octanol–water partition coefficient (Wildman–Crippen LogP) is 3.55. The van der Waals surface area contributed by atoms with Gasteiger partial charge in [0.1, 0.15) is 0 Å². The summed E-state index contributed by atoms with van der Waals surface area (Å²) in [6, 6.07) is 11.1. The topological polar surface area (TPSA) is 55.2 Å². The van der Waals surface area contributed by atoms with Crippen molar-refractivity contribution in [1.29, 1.82) is 0 Å². The first-order valence-corrected chi connectivity index (χ1v) is 7.05. The van der Waals surface area contributed by atoms with Gasteiger partial charge in [0.25, 0.3) is 5.69 Å². The zero-order chi connectivity index (χ0) is 13.7. The highest BCUT2D eigenvalue weighted by atomic mass is 32.1. The van der Waals surface area contributed by atoms with Gasteiger partial charge in [0.05, 0.1) is 4.92 Å². The molecule has 1 heterocycles. The van der Waals surface area contributed by atoms with Gasteiger partial charge in [-0.3, -0.25) is 10.1 Å². The van der Waals surface area contributed by atoms with Gasteiger partial charge in [0.15, 0.2) is 0 Å². The molecule has 0 aliphatic carbocycles. The number of benzene rings is 1. The van der Waals surface area contributed by atoms with Crippen molar-refractivity contribution in [2.75, 3.05) is 6.54 Å². The number of thiophene rings is 1. The maximum Gasteiger partial charge on any atom is 0.269 e. The van der Waals surface area contributed by atoms with Crippen LogP contribution in [0.1, 0.15) is 23.4 Å². The fraction of sp³-hybridized carbons (Fsp3) is 0.286. The Morgan fingerprint density at radius 3 is 2.89 bits per heavy atom. The van der Waals surface area contributed by atoms with E-state index in [1.165, 1.54) is 10.9 Å². The third-order valence-electron chi connectivity index (χ3n) is 2.98. The highest BCUT2D eigenvalue weighted by Gasteiger charge is 2.10. The summed E-state index contributed by atoms with van der Waals surface area (Å²) < 4.78 is 0. The maximum absolute atomic E-state index is 10.7. The second-order valence-corrected chi connectivity index (χ2v) is 5.39. The van der Waals surface area contributed by atoms with Crippen molar-refractivity contribution < 1.29 is 4.92 Å². The molecule has 1 aromatic heterocycles. The highest BCUT2D eigenvalue weighted by molar-refractivity contribution is 7.09. The molecule has 0 fully saturated rings. The second kappa shape index (κ2) is 6.45. The summed E-state index contributed by atoms with van der Waals surface area (Å²) in [5, 5.41) is 16.2. The van der Waals surface area contributed by atoms with Gasteiger partial charge >= 0.3 is 0 Å². The van der Waals surface area contributed by atoms with E-state index < -0.39 is 0 Å². The Hall–Kier alpha value is -1.72. The molecule has 0 aliphatic heterocycles. The van der Waals surface area contributed by atoms with Gasteiger partial charge in [-0.15, -0.1) is 11.3 Å². The van der Waals surface area contributed by atoms with E-state index in [2.05, 4.69) is 16.8 Å². The van der Waals surface area contributed by atoms with Gasteiger partial charge in [-0.25, -0.2) is 0 Å². The van der Waals surface area contributed by atoms with Crippen LogP contribution in [0.5, 0.6) is 0 Å². The van der Waals surface area contributed by atoms with E-state index in [-0.39, 0.29) is 16.7 Å². The molecule has 1 unspecified atom stereocenters. The summed E-state index contributed by atoms with van der Waals surface area (Å²) in [6.45, 7) is 2.89. The fourth-order valence-electron chi connectivity index (χ4n) is 1.89. The van der Waals surface area contributed by atoms with Crippen molar-refractivity contribution in [1.82, 2.24) is 5.32 Å². The van der Waals surface area contributed by atoms with Crippen LogP contribution >= 0.6 is 11.3 Å². The number of rotatable bonds is 6. The summed E-state index contributed by atoms with van der Waals surface area (Å²) in [7, 11) is 0. The van der Waals surface area contributed by atoms with Gasteiger partial charge in [0.2, 0.25) is 0 Å². The zero-order valence-electron chi connectivity index (χ0n) is 10.7. The van der Waals surface area contributed by atoms with Crippen molar-refractivity contribution in [2.24, 2.45) is 0 Å². The van der Waals surface area contributed by atoms with Crippen LogP contribution in [0.4, 0.5) is 5.69 Å². The Kier molecular flexibility index (Phi) is 4.65. The van der Waals surface area contributed by atoms with E-state index in [4.69, 9.17) is 0 Å². The molecule has 0 radical (unpaired) electrons. The molecule has 4 nitrogen and oxygen atoms in total. The monoisotopic (exact) mass is 276 g/mol. The Balaban J connectivity index is 1.90. The van der Waals surface area contributed by atoms with Crippen LogP contribution in [0.25, 0.3) is 0 Å². The lowest BCUT2D eigenvalue weighted by atomic mass is 10.1. The van der Waals surface area contributed by atoms with Crippen LogP contribution in [-0.2, 0) is 6.42 Å². The van der Waals surface area contributed by atoms with Gasteiger partial charge in [0, 0.05) is 29.6 Å².